The number of piperazine rings is 1. The van der Waals surface area contributed by atoms with E-state index in [4.69, 9.17) is 14.7 Å². The van der Waals surface area contributed by atoms with Crippen molar-refractivity contribution in [2.45, 2.75) is 70.0 Å². The first kappa shape index (κ1) is 26.5. The van der Waals surface area contributed by atoms with Gasteiger partial charge in [0, 0.05) is 48.9 Å². The molecule has 2 saturated heterocycles. The summed E-state index contributed by atoms with van der Waals surface area (Å²) in [6.45, 7) is 9.42. The van der Waals surface area contributed by atoms with Gasteiger partial charge in [0.15, 0.2) is 0 Å². The van der Waals surface area contributed by atoms with E-state index in [1.807, 2.05) is 0 Å². The SMILES string of the molecule is CCc1cccc2cccc(N3CCc4c(nc(OCC5(N6CCCC6)CC5)nc4N4CCN[C@@H](CC#N)C4)C3)c12. The molecule has 8 heteroatoms. The van der Waals surface area contributed by atoms with Gasteiger partial charge >= 0.3 is 6.01 Å². The summed E-state index contributed by atoms with van der Waals surface area (Å²) in [5, 5.41) is 15.5. The summed E-state index contributed by atoms with van der Waals surface area (Å²) in [4.78, 5) is 17.7. The van der Waals surface area contributed by atoms with Crippen LogP contribution < -0.4 is 19.9 Å². The highest BCUT2D eigenvalue weighted by atomic mass is 16.5. The number of likely N-dealkylation sites (tertiary alicyclic amines) is 1. The molecule has 2 aromatic carbocycles. The quantitative estimate of drug-likeness (QED) is 0.440. The zero-order valence-corrected chi connectivity index (χ0v) is 24.2. The van der Waals surface area contributed by atoms with Crippen LogP contribution in [0.1, 0.15) is 55.8 Å². The lowest BCUT2D eigenvalue weighted by molar-refractivity contribution is 0.134. The molecule has 41 heavy (non-hydrogen) atoms. The number of aromatic nitrogens is 2. The van der Waals surface area contributed by atoms with Crippen molar-refractivity contribution in [3.63, 3.8) is 0 Å². The lowest BCUT2D eigenvalue weighted by Crippen LogP contribution is -2.51. The van der Waals surface area contributed by atoms with Gasteiger partial charge in [-0.1, -0.05) is 37.3 Å². The normalized spacial score (nSPS) is 22.0. The first-order chi connectivity index (χ1) is 20.2. The van der Waals surface area contributed by atoms with E-state index in [0.717, 1.165) is 57.1 Å². The number of hydrogen-bond acceptors (Lipinski definition) is 8. The predicted molar refractivity (Wildman–Crippen MR) is 163 cm³/mol. The molecule has 0 spiro atoms. The number of nitrogens with one attached hydrogen (secondary N) is 1. The van der Waals surface area contributed by atoms with Gasteiger partial charge in [0.05, 0.1) is 30.3 Å². The molecular formula is C33H41N7O. The number of hydrogen-bond donors (Lipinski definition) is 1. The molecule has 1 aliphatic carbocycles. The minimum absolute atomic E-state index is 0.150. The zero-order chi connectivity index (χ0) is 27.8. The van der Waals surface area contributed by atoms with E-state index < -0.39 is 0 Å². The topological polar surface area (TPSA) is 80.6 Å². The summed E-state index contributed by atoms with van der Waals surface area (Å²) in [5.41, 5.74) is 5.16. The van der Waals surface area contributed by atoms with E-state index in [1.165, 1.54) is 66.4 Å². The third kappa shape index (κ3) is 5.11. The van der Waals surface area contributed by atoms with E-state index in [2.05, 4.69) is 69.4 Å². The Morgan fingerprint density at radius 3 is 2.66 bits per heavy atom. The minimum Gasteiger partial charge on any atom is -0.461 e. The second-order valence-corrected chi connectivity index (χ2v) is 12.2. The molecule has 3 aromatic rings. The maximum absolute atomic E-state index is 9.34. The Morgan fingerprint density at radius 2 is 1.88 bits per heavy atom. The van der Waals surface area contributed by atoms with E-state index in [1.54, 1.807) is 0 Å². The first-order valence-electron chi connectivity index (χ1n) is 15.6. The van der Waals surface area contributed by atoms with Crippen molar-refractivity contribution < 1.29 is 4.74 Å². The number of nitriles is 1. The second kappa shape index (κ2) is 11.1. The van der Waals surface area contributed by atoms with Crippen LogP contribution in [0, 0.1) is 11.3 Å². The average Bonchev–Trinajstić information content (AvgIpc) is 3.60. The Morgan fingerprint density at radius 1 is 1.05 bits per heavy atom. The van der Waals surface area contributed by atoms with Gasteiger partial charge in [-0.25, -0.2) is 0 Å². The largest absolute Gasteiger partial charge is 0.461 e. The van der Waals surface area contributed by atoms with Crippen LogP contribution in [-0.2, 0) is 19.4 Å². The van der Waals surface area contributed by atoms with E-state index in [-0.39, 0.29) is 11.6 Å². The summed E-state index contributed by atoms with van der Waals surface area (Å²) in [6.07, 6.45) is 7.38. The molecule has 3 fully saturated rings. The van der Waals surface area contributed by atoms with Gasteiger partial charge in [0.25, 0.3) is 0 Å². The fourth-order valence-corrected chi connectivity index (χ4v) is 7.23. The van der Waals surface area contributed by atoms with Crippen molar-refractivity contribution >= 4 is 22.3 Å². The van der Waals surface area contributed by atoms with Gasteiger partial charge in [-0.2, -0.15) is 15.2 Å². The summed E-state index contributed by atoms with van der Waals surface area (Å²) < 4.78 is 6.49. The molecule has 4 heterocycles. The number of aryl methyl sites for hydroxylation is 1. The molecule has 1 saturated carbocycles. The van der Waals surface area contributed by atoms with Crippen LogP contribution in [0.2, 0.25) is 0 Å². The zero-order valence-electron chi connectivity index (χ0n) is 24.2. The molecule has 0 amide bonds. The van der Waals surface area contributed by atoms with E-state index >= 15 is 0 Å². The number of ether oxygens (including phenoxy) is 1. The monoisotopic (exact) mass is 551 g/mol. The lowest BCUT2D eigenvalue weighted by Gasteiger charge is -2.37. The third-order valence-corrected chi connectivity index (χ3v) is 9.68. The molecular weight excluding hydrogens is 510 g/mol. The maximum Gasteiger partial charge on any atom is 0.318 e. The lowest BCUT2D eigenvalue weighted by atomic mass is 9.98. The number of nitrogens with zero attached hydrogens (tertiary/aromatic N) is 6. The van der Waals surface area contributed by atoms with Crippen molar-refractivity contribution in [3.8, 4) is 12.1 Å². The van der Waals surface area contributed by atoms with Gasteiger partial charge in [0.2, 0.25) is 0 Å². The Labute approximate surface area is 243 Å². The smallest absolute Gasteiger partial charge is 0.318 e. The second-order valence-electron chi connectivity index (χ2n) is 12.2. The summed E-state index contributed by atoms with van der Waals surface area (Å²) >= 11 is 0. The predicted octanol–water partition coefficient (Wildman–Crippen LogP) is 4.45. The Balaban J connectivity index is 1.22. The van der Waals surface area contributed by atoms with Gasteiger partial charge in [0.1, 0.15) is 12.4 Å². The standard InChI is InChI=1S/C33H41N7O/c1-2-24-7-5-8-25-9-6-10-29(30(24)25)38-19-12-27-28(22-38)36-32(41-23-33(13-14-33)40-17-3-4-18-40)37-31(27)39-20-16-35-26(21-39)11-15-34/h5-10,26,35H,2-4,11-14,16-23H2,1H3/t26-/m0/s1. The van der Waals surface area contributed by atoms with E-state index in [9.17, 15) is 5.26 Å². The van der Waals surface area contributed by atoms with Crippen LogP contribution in [0.15, 0.2) is 36.4 Å². The molecule has 7 rings (SSSR count). The van der Waals surface area contributed by atoms with Crippen LogP contribution in [-0.4, -0.2) is 72.3 Å². The fraction of sp³-hybridized carbons (Fsp3) is 0.545. The molecule has 4 aliphatic rings. The van der Waals surface area contributed by atoms with E-state index in [0.29, 0.717) is 19.0 Å². The Hall–Kier alpha value is -3.41. The average molecular weight is 552 g/mol. The molecule has 0 radical (unpaired) electrons. The summed E-state index contributed by atoms with van der Waals surface area (Å²) in [7, 11) is 0. The van der Waals surface area contributed by atoms with Crippen molar-refractivity contribution in [1.29, 1.82) is 5.26 Å². The third-order valence-electron chi connectivity index (χ3n) is 9.68. The van der Waals surface area contributed by atoms with Crippen molar-refractivity contribution in [1.82, 2.24) is 20.2 Å². The molecule has 8 nitrogen and oxygen atoms in total. The Bertz CT molecular complexity index is 1450. The maximum atomic E-state index is 9.34. The van der Waals surface area contributed by atoms with Crippen LogP contribution in [0.25, 0.3) is 10.8 Å². The number of benzene rings is 2. The van der Waals surface area contributed by atoms with Crippen LogP contribution >= 0.6 is 0 Å². The number of fused-ring (bicyclic) bond motifs is 2. The van der Waals surface area contributed by atoms with Crippen molar-refractivity contribution in [2.24, 2.45) is 0 Å². The number of anilines is 2. The highest BCUT2D eigenvalue weighted by Crippen LogP contribution is 2.44. The highest BCUT2D eigenvalue weighted by Gasteiger charge is 2.49. The minimum atomic E-state index is 0.150. The Kier molecular flexibility index (Phi) is 7.18. The molecule has 0 bridgehead atoms. The molecule has 1 atom stereocenters. The van der Waals surface area contributed by atoms with Crippen LogP contribution in [0.5, 0.6) is 6.01 Å². The van der Waals surface area contributed by atoms with Gasteiger partial charge < -0.3 is 19.9 Å². The molecule has 1 aromatic heterocycles. The molecule has 3 aliphatic heterocycles. The molecule has 1 N–H and O–H groups in total. The molecule has 214 valence electrons. The first-order valence-corrected chi connectivity index (χ1v) is 15.6. The van der Waals surface area contributed by atoms with Gasteiger partial charge in [-0.05, 0) is 68.6 Å². The fourth-order valence-electron chi connectivity index (χ4n) is 7.23. The summed E-state index contributed by atoms with van der Waals surface area (Å²) in [6, 6.07) is 16.3. The highest BCUT2D eigenvalue weighted by molar-refractivity contribution is 5.97. The number of rotatable bonds is 8. The molecule has 0 unspecified atom stereocenters. The van der Waals surface area contributed by atoms with Gasteiger partial charge in [-0.15, -0.1) is 0 Å². The van der Waals surface area contributed by atoms with Crippen molar-refractivity contribution in [2.75, 3.05) is 55.7 Å². The van der Waals surface area contributed by atoms with Crippen LogP contribution in [0.3, 0.4) is 0 Å². The van der Waals surface area contributed by atoms with Crippen LogP contribution in [0.4, 0.5) is 11.5 Å². The van der Waals surface area contributed by atoms with Gasteiger partial charge in [-0.3, -0.25) is 4.90 Å². The van der Waals surface area contributed by atoms with Crippen molar-refractivity contribution in [3.05, 3.63) is 53.2 Å². The summed E-state index contributed by atoms with van der Waals surface area (Å²) in [5.74, 6) is 1.01.